The van der Waals surface area contributed by atoms with Gasteiger partial charge >= 0.3 is 5.97 Å². The molecule has 0 aliphatic heterocycles. The monoisotopic (exact) mass is 361 g/mol. The highest BCUT2D eigenvalue weighted by atomic mass is 16.4. The van der Waals surface area contributed by atoms with Gasteiger partial charge in [-0.05, 0) is 37.3 Å². The third-order valence-electron chi connectivity index (χ3n) is 4.25. The van der Waals surface area contributed by atoms with E-state index in [0.717, 1.165) is 5.56 Å². The number of rotatable bonds is 4. The molecule has 0 amide bonds. The summed E-state index contributed by atoms with van der Waals surface area (Å²) in [5.74, 6) is 0.460. The van der Waals surface area contributed by atoms with Gasteiger partial charge in [0.1, 0.15) is 11.6 Å². The maximum atomic E-state index is 12.3. The lowest BCUT2D eigenvalue weighted by Gasteiger charge is -2.03. The lowest BCUT2D eigenvalue weighted by molar-refractivity contribution is 0.0697. The molecule has 2 heterocycles. The van der Waals surface area contributed by atoms with E-state index in [1.807, 2.05) is 30.3 Å². The zero-order chi connectivity index (χ0) is 19.0. The molecule has 7 nitrogen and oxygen atoms in total. The van der Waals surface area contributed by atoms with Crippen molar-refractivity contribution in [2.75, 3.05) is 0 Å². The Morgan fingerprint density at radius 2 is 1.93 bits per heavy atom. The van der Waals surface area contributed by atoms with Gasteiger partial charge in [0.05, 0.1) is 28.6 Å². The van der Waals surface area contributed by atoms with Gasteiger partial charge in [-0.2, -0.15) is 0 Å². The molecule has 4 aromatic rings. The summed E-state index contributed by atoms with van der Waals surface area (Å²) in [4.78, 5) is 35.1. The van der Waals surface area contributed by atoms with E-state index in [1.165, 1.54) is 18.2 Å². The number of fused-ring (bicyclic) bond motifs is 1. The molecular weight excluding hydrogens is 346 g/mol. The van der Waals surface area contributed by atoms with Gasteiger partial charge in [-0.3, -0.25) is 4.79 Å². The number of nitrogens with one attached hydrogen (secondary N) is 1. The van der Waals surface area contributed by atoms with Gasteiger partial charge in [0.15, 0.2) is 0 Å². The van der Waals surface area contributed by atoms with E-state index in [4.69, 9.17) is 9.52 Å². The summed E-state index contributed by atoms with van der Waals surface area (Å²) < 4.78 is 5.73. The summed E-state index contributed by atoms with van der Waals surface area (Å²) in [7, 11) is 0. The highest BCUT2D eigenvalue weighted by molar-refractivity contribution is 5.92. The van der Waals surface area contributed by atoms with Crippen molar-refractivity contribution in [1.29, 1.82) is 0 Å². The highest BCUT2D eigenvalue weighted by Crippen LogP contribution is 2.22. The smallest absolute Gasteiger partial charge is 0.335 e. The summed E-state index contributed by atoms with van der Waals surface area (Å²) in [6, 6.07) is 13.8. The Hall–Kier alpha value is -3.74. The van der Waals surface area contributed by atoms with Crippen LogP contribution in [0.3, 0.4) is 0 Å². The van der Waals surface area contributed by atoms with Crippen LogP contribution in [0.5, 0.6) is 0 Å². The number of oxazole rings is 1. The molecule has 0 saturated carbocycles. The number of aromatic carboxylic acids is 1. The van der Waals surface area contributed by atoms with Crippen LogP contribution in [-0.4, -0.2) is 26.0 Å². The average molecular weight is 361 g/mol. The fourth-order valence-electron chi connectivity index (χ4n) is 2.86. The van der Waals surface area contributed by atoms with Crippen molar-refractivity contribution in [1.82, 2.24) is 15.0 Å². The standard InChI is InChI=1S/C20H15N3O4/c1-11-15(22-19(27-11)12-5-3-2-4-6-12)10-17-21-16-9-13(20(25)26)7-8-14(16)18(24)23-17/h2-9H,10H2,1H3,(H,25,26)(H,21,23,24). The van der Waals surface area contributed by atoms with Gasteiger partial charge < -0.3 is 14.5 Å². The molecule has 134 valence electrons. The topological polar surface area (TPSA) is 109 Å². The van der Waals surface area contributed by atoms with E-state index in [2.05, 4.69) is 15.0 Å². The third-order valence-corrected chi connectivity index (χ3v) is 4.25. The summed E-state index contributed by atoms with van der Waals surface area (Å²) in [6.07, 6.45) is 0.268. The number of carboxylic acid groups (broad SMARTS) is 1. The molecule has 0 radical (unpaired) electrons. The van der Waals surface area contributed by atoms with E-state index in [9.17, 15) is 9.59 Å². The van der Waals surface area contributed by atoms with Gasteiger partial charge in [-0.15, -0.1) is 0 Å². The van der Waals surface area contributed by atoms with E-state index < -0.39 is 5.97 Å². The number of hydrogen-bond acceptors (Lipinski definition) is 5. The van der Waals surface area contributed by atoms with Crippen LogP contribution in [0.25, 0.3) is 22.4 Å². The Bertz CT molecular complexity index is 1210. The van der Waals surface area contributed by atoms with Gasteiger partial charge in [0.25, 0.3) is 5.56 Å². The average Bonchev–Trinajstić information content (AvgIpc) is 3.02. The van der Waals surface area contributed by atoms with Crippen molar-refractivity contribution in [3.05, 3.63) is 81.7 Å². The van der Waals surface area contributed by atoms with E-state index in [-0.39, 0.29) is 17.5 Å². The molecule has 2 N–H and O–H groups in total. The number of aryl methyl sites for hydroxylation is 1. The summed E-state index contributed by atoms with van der Waals surface area (Å²) in [6.45, 7) is 1.80. The van der Waals surface area contributed by atoms with Crippen LogP contribution in [0.2, 0.25) is 0 Å². The largest absolute Gasteiger partial charge is 0.478 e. The van der Waals surface area contributed by atoms with Crippen molar-refractivity contribution in [3.63, 3.8) is 0 Å². The number of aromatic amines is 1. The molecule has 0 atom stereocenters. The van der Waals surface area contributed by atoms with E-state index in [0.29, 0.717) is 34.1 Å². The number of hydrogen-bond donors (Lipinski definition) is 2. The second-order valence-electron chi connectivity index (χ2n) is 6.11. The van der Waals surface area contributed by atoms with Crippen LogP contribution in [0.15, 0.2) is 57.7 Å². The normalized spacial score (nSPS) is 11.0. The van der Waals surface area contributed by atoms with Crippen LogP contribution in [-0.2, 0) is 6.42 Å². The van der Waals surface area contributed by atoms with Gasteiger partial charge in [-0.1, -0.05) is 18.2 Å². The van der Waals surface area contributed by atoms with Crippen LogP contribution < -0.4 is 5.56 Å². The molecule has 0 saturated heterocycles. The fourth-order valence-corrected chi connectivity index (χ4v) is 2.86. The maximum absolute atomic E-state index is 12.3. The van der Waals surface area contributed by atoms with Crippen LogP contribution >= 0.6 is 0 Å². The highest BCUT2D eigenvalue weighted by Gasteiger charge is 2.14. The summed E-state index contributed by atoms with van der Waals surface area (Å²) in [5.41, 5.74) is 1.61. The first-order chi connectivity index (χ1) is 13.0. The fraction of sp³-hybridized carbons (Fsp3) is 0.100. The number of H-pyrrole nitrogens is 1. The van der Waals surface area contributed by atoms with Crippen molar-refractivity contribution >= 4 is 16.9 Å². The van der Waals surface area contributed by atoms with Crippen LogP contribution in [0.1, 0.15) is 27.6 Å². The van der Waals surface area contributed by atoms with Crippen molar-refractivity contribution in [2.45, 2.75) is 13.3 Å². The Morgan fingerprint density at radius 3 is 2.67 bits per heavy atom. The Morgan fingerprint density at radius 1 is 1.15 bits per heavy atom. The molecule has 2 aromatic heterocycles. The number of carboxylic acids is 1. The third kappa shape index (κ3) is 3.22. The van der Waals surface area contributed by atoms with Gasteiger partial charge in [-0.25, -0.2) is 14.8 Å². The molecule has 0 spiro atoms. The zero-order valence-corrected chi connectivity index (χ0v) is 14.4. The SMILES string of the molecule is Cc1oc(-c2ccccc2)nc1Cc1nc2cc(C(=O)O)ccc2c(=O)[nH]1. The number of aromatic nitrogens is 3. The Kier molecular flexibility index (Phi) is 4.04. The van der Waals surface area contributed by atoms with Gasteiger partial charge in [0, 0.05) is 5.56 Å². The second-order valence-corrected chi connectivity index (χ2v) is 6.11. The Balaban J connectivity index is 1.72. The predicted molar refractivity (Wildman–Crippen MR) is 98.8 cm³/mol. The minimum absolute atomic E-state index is 0.0792. The van der Waals surface area contributed by atoms with Crippen molar-refractivity contribution in [3.8, 4) is 11.5 Å². The molecule has 0 bridgehead atoms. The van der Waals surface area contributed by atoms with Gasteiger partial charge in [0.2, 0.25) is 5.89 Å². The zero-order valence-electron chi connectivity index (χ0n) is 14.4. The first-order valence-corrected chi connectivity index (χ1v) is 8.29. The van der Waals surface area contributed by atoms with Crippen LogP contribution in [0.4, 0.5) is 0 Å². The van der Waals surface area contributed by atoms with Crippen LogP contribution in [0, 0.1) is 6.92 Å². The molecule has 0 aliphatic rings. The molecule has 0 fully saturated rings. The molecule has 4 rings (SSSR count). The number of benzene rings is 2. The second kappa shape index (κ2) is 6.53. The Labute approximate surface area is 153 Å². The minimum Gasteiger partial charge on any atom is -0.478 e. The summed E-state index contributed by atoms with van der Waals surface area (Å²) in [5, 5.41) is 9.47. The molecule has 0 aliphatic carbocycles. The van der Waals surface area contributed by atoms with E-state index >= 15 is 0 Å². The first-order valence-electron chi connectivity index (χ1n) is 8.29. The maximum Gasteiger partial charge on any atom is 0.335 e. The minimum atomic E-state index is -1.07. The predicted octanol–water partition coefficient (Wildman–Crippen LogP) is 3.18. The quantitative estimate of drug-likeness (QED) is 0.578. The van der Waals surface area contributed by atoms with Crippen molar-refractivity contribution in [2.24, 2.45) is 0 Å². The molecule has 27 heavy (non-hydrogen) atoms. The molecule has 7 heteroatoms. The first kappa shape index (κ1) is 16.7. The number of nitrogens with zero attached hydrogens (tertiary/aromatic N) is 2. The summed E-state index contributed by atoms with van der Waals surface area (Å²) >= 11 is 0. The lowest BCUT2D eigenvalue weighted by atomic mass is 10.1. The van der Waals surface area contributed by atoms with Crippen molar-refractivity contribution < 1.29 is 14.3 Å². The molecule has 2 aromatic carbocycles. The van der Waals surface area contributed by atoms with E-state index in [1.54, 1.807) is 6.92 Å². The lowest BCUT2D eigenvalue weighted by Crippen LogP contribution is -2.13. The molecule has 0 unspecified atom stereocenters. The number of carbonyl (C=O) groups is 1. The molecular formula is C20H15N3O4.